The van der Waals surface area contributed by atoms with Crippen molar-refractivity contribution in [2.75, 3.05) is 52.9 Å². The SMILES string of the molecule is O=C(OC1CCC(NC(=O)c2cccc3c2C2(CC3)CCc3cccc(C(=O)NC4CCC(OC(=O)c5ccc(OCCOCC6CO6)s5)CC4)c32)CC1)c1ccc(OCCOCC2CO2)s1. The maximum atomic E-state index is 14.3. The van der Waals surface area contributed by atoms with Gasteiger partial charge in [-0.1, -0.05) is 46.9 Å². The molecular formula is C51H58N2O12S2. The van der Waals surface area contributed by atoms with E-state index in [4.69, 9.17) is 37.9 Å². The molecule has 4 heterocycles. The fourth-order valence-corrected chi connectivity index (χ4v) is 11.9. The molecule has 10 rings (SSSR count). The Morgan fingerprint density at radius 3 is 1.42 bits per heavy atom. The van der Waals surface area contributed by atoms with E-state index in [1.165, 1.54) is 22.7 Å². The minimum atomic E-state index is -0.442. The molecule has 4 aromatic rings. The van der Waals surface area contributed by atoms with Crippen LogP contribution < -0.4 is 20.1 Å². The van der Waals surface area contributed by atoms with Crippen LogP contribution in [-0.2, 0) is 46.7 Å². The van der Waals surface area contributed by atoms with E-state index < -0.39 is 5.41 Å². The molecule has 2 aromatic carbocycles. The van der Waals surface area contributed by atoms with Crippen molar-refractivity contribution in [1.29, 1.82) is 0 Å². The average molecular weight is 955 g/mol. The normalized spacial score (nSPS) is 25.7. The van der Waals surface area contributed by atoms with Gasteiger partial charge in [-0.15, -0.1) is 0 Å². The molecule has 2 amide bonds. The number of aryl methyl sites for hydroxylation is 2. The van der Waals surface area contributed by atoms with Gasteiger partial charge in [-0.3, -0.25) is 9.59 Å². The zero-order valence-corrected chi connectivity index (χ0v) is 39.2. The Hall–Kier alpha value is -4.84. The molecule has 1 spiro atoms. The number of ether oxygens (including phenoxy) is 8. The van der Waals surface area contributed by atoms with Crippen LogP contribution >= 0.6 is 22.7 Å². The van der Waals surface area contributed by atoms with Crippen LogP contribution in [0.2, 0.25) is 0 Å². The highest BCUT2D eigenvalue weighted by atomic mass is 32.1. The fraction of sp³-hybridized carbons (Fsp3) is 0.529. The third-order valence-electron chi connectivity index (χ3n) is 13.9. The van der Waals surface area contributed by atoms with Crippen molar-refractivity contribution in [1.82, 2.24) is 10.6 Å². The fourth-order valence-electron chi connectivity index (χ4n) is 10.3. The number of epoxide rings is 2. The Labute approximate surface area is 398 Å². The molecule has 14 nitrogen and oxygen atoms in total. The first-order chi connectivity index (χ1) is 32.8. The Morgan fingerprint density at radius 1 is 0.567 bits per heavy atom. The summed E-state index contributed by atoms with van der Waals surface area (Å²) in [5, 5.41) is 7.97. The predicted octanol–water partition coefficient (Wildman–Crippen LogP) is 7.37. The van der Waals surface area contributed by atoms with Gasteiger partial charge in [-0.25, -0.2) is 9.59 Å². The zero-order chi connectivity index (χ0) is 45.7. The summed E-state index contributed by atoms with van der Waals surface area (Å²) in [6, 6.07) is 19.0. The molecule has 4 aliphatic carbocycles. The first-order valence-corrected chi connectivity index (χ1v) is 25.5. The molecular weight excluding hydrogens is 897 g/mol. The van der Waals surface area contributed by atoms with Crippen LogP contribution in [0.4, 0.5) is 0 Å². The van der Waals surface area contributed by atoms with Crippen molar-refractivity contribution in [2.45, 2.75) is 119 Å². The van der Waals surface area contributed by atoms with Gasteiger partial charge in [0.25, 0.3) is 11.8 Å². The molecule has 6 aliphatic rings. The van der Waals surface area contributed by atoms with Gasteiger partial charge in [-0.2, -0.15) is 0 Å². The Bertz CT molecular complexity index is 2240. The molecule has 356 valence electrons. The molecule has 0 radical (unpaired) electrons. The average Bonchev–Trinajstić information content (AvgIpc) is 4.14. The van der Waals surface area contributed by atoms with Gasteiger partial charge >= 0.3 is 11.9 Å². The highest BCUT2D eigenvalue weighted by Crippen LogP contribution is 2.54. The van der Waals surface area contributed by atoms with Crippen LogP contribution in [-0.4, -0.2) is 113 Å². The third kappa shape index (κ3) is 11.1. The Morgan fingerprint density at radius 2 is 1.00 bits per heavy atom. The molecule has 2 saturated heterocycles. The molecule has 0 bridgehead atoms. The van der Waals surface area contributed by atoms with E-state index in [9.17, 15) is 19.2 Å². The number of thiophene rings is 2. The summed E-state index contributed by atoms with van der Waals surface area (Å²) in [7, 11) is 0. The smallest absolute Gasteiger partial charge is 0.348 e. The maximum absolute atomic E-state index is 14.3. The second-order valence-electron chi connectivity index (χ2n) is 18.5. The molecule has 67 heavy (non-hydrogen) atoms. The number of hydrogen-bond acceptors (Lipinski definition) is 14. The Balaban J connectivity index is 0.709. The van der Waals surface area contributed by atoms with E-state index in [2.05, 4.69) is 22.8 Å². The molecule has 2 atom stereocenters. The van der Waals surface area contributed by atoms with E-state index in [0.717, 1.165) is 61.2 Å². The third-order valence-corrected chi connectivity index (χ3v) is 15.8. The number of rotatable bonds is 20. The van der Waals surface area contributed by atoms with E-state index in [-0.39, 0.29) is 60.3 Å². The largest absolute Gasteiger partial charge is 0.482 e. The first-order valence-electron chi connectivity index (χ1n) is 23.9. The lowest BCUT2D eigenvalue weighted by Crippen LogP contribution is -2.41. The molecule has 2 saturated carbocycles. The van der Waals surface area contributed by atoms with Gasteiger partial charge in [0.15, 0.2) is 10.1 Å². The van der Waals surface area contributed by atoms with Gasteiger partial charge < -0.3 is 48.5 Å². The van der Waals surface area contributed by atoms with E-state index in [1.54, 1.807) is 24.3 Å². The second-order valence-corrected chi connectivity index (χ2v) is 20.6. The van der Waals surface area contributed by atoms with Crippen molar-refractivity contribution in [3.63, 3.8) is 0 Å². The number of carbonyl (C=O) groups is 4. The van der Waals surface area contributed by atoms with E-state index in [0.29, 0.717) is 122 Å². The Kier molecular flexibility index (Phi) is 14.3. The predicted molar refractivity (Wildman–Crippen MR) is 249 cm³/mol. The minimum Gasteiger partial charge on any atom is -0.482 e. The van der Waals surface area contributed by atoms with Crippen LogP contribution in [0.5, 0.6) is 10.1 Å². The van der Waals surface area contributed by atoms with Crippen LogP contribution in [0.15, 0.2) is 60.7 Å². The molecule has 4 fully saturated rings. The highest BCUT2D eigenvalue weighted by molar-refractivity contribution is 7.16. The van der Waals surface area contributed by atoms with Crippen molar-refractivity contribution in [3.8, 4) is 10.1 Å². The number of fused-ring (bicyclic) bond motifs is 4. The molecule has 2 N–H and O–H groups in total. The second kappa shape index (κ2) is 20.8. The van der Waals surface area contributed by atoms with Gasteiger partial charge in [-0.05, 0) is 136 Å². The van der Waals surface area contributed by atoms with Gasteiger partial charge in [0.2, 0.25) is 0 Å². The number of carbonyl (C=O) groups excluding carboxylic acids is 4. The first kappa shape index (κ1) is 45.9. The number of esters is 2. The zero-order valence-electron chi connectivity index (χ0n) is 37.6. The van der Waals surface area contributed by atoms with Crippen LogP contribution in [0.25, 0.3) is 0 Å². The number of nitrogens with one attached hydrogen (secondary N) is 2. The van der Waals surface area contributed by atoms with Gasteiger partial charge in [0.05, 0.1) is 39.6 Å². The monoisotopic (exact) mass is 954 g/mol. The molecule has 2 aliphatic heterocycles. The van der Waals surface area contributed by atoms with E-state index in [1.807, 2.05) is 24.3 Å². The van der Waals surface area contributed by atoms with Crippen LogP contribution in [0, 0.1) is 0 Å². The summed E-state index contributed by atoms with van der Waals surface area (Å²) >= 11 is 2.53. The topological polar surface area (TPSA) is 173 Å². The van der Waals surface area contributed by atoms with Crippen LogP contribution in [0.3, 0.4) is 0 Å². The molecule has 16 heteroatoms. The lowest BCUT2D eigenvalue weighted by atomic mass is 9.73. The summed E-state index contributed by atoms with van der Waals surface area (Å²) in [5.41, 5.74) is 5.33. The van der Waals surface area contributed by atoms with E-state index >= 15 is 0 Å². The summed E-state index contributed by atoms with van der Waals surface area (Å²) in [5.74, 6) is -0.914. The van der Waals surface area contributed by atoms with Crippen molar-refractivity contribution in [2.24, 2.45) is 0 Å². The number of benzene rings is 2. The van der Waals surface area contributed by atoms with Gasteiger partial charge in [0, 0.05) is 28.6 Å². The number of amides is 2. The van der Waals surface area contributed by atoms with Crippen molar-refractivity contribution >= 4 is 46.4 Å². The lowest BCUT2D eigenvalue weighted by molar-refractivity contribution is 0.0182. The van der Waals surface area contributed by atoms with Gasteiger partial charge in [0.1, 0.15) is 47.4 Å². The highest BCUT2D eigenvalue weighted by Gasteiger charge is 2.49. The summed E-state index contributed by atoms with van der Waals surface area (Å²) in [6.07, 6.45) is 8.73. The lowest BCUT2D eigenvalue weighted by Gasteiger charge is -2.32. The molecule has 2 unspecified atom stereocenters. The van der Waals surface area contributed by atoms with Crippen LogP contribution in [0.1, 0.15) is 127 Å². The van der Waals surface area contributed by atoms with Crippen molar-refractivity contribution in [3.05, 3.63) is 104 Å². The minimum absolute atomic E-state index is 0.0477. The van der Waals surface area contributed by atoms with Crippen molar-refractivity contribution < 1.29 is 57.1 Å². The number of hydrogen-bond donors (Lipinski definition) is 2. The maximum Gasteiger partial charge on any atom is 0.348 e. The summed E-state index contributed by atoms with van der Waals surface area (Å²) < 4.78 is 44.6. The summed E-state index contributed by atoms with van der Waals surface area (Å²) in [4.78, 5) is 55.6. The standard InChI is InChI=1S/C51H58N2O12S2/c54-47(52-33-7-11-35(12-8-33)64-49(56)41-15-17-43(66-41)60-25-23-58-27-37-29-62-37)39-5-1-3-31-19-21-51(45(31)39)22-20-32-4-2-6-40(46(32)51)48(55)53-34-9-13-36(14-10-34)65-50(57)42-16-18-44(67-42)61-26-24-59-28-38-30-63-38/h1-6,15-18,33-38H,7-14,19-30H2,(H,52,54)(H,53,55). The molecule has 2 aromatic heterocycles. The summed E-state index contributed by atoms with van der Waals surface area (Å²) in [6.45, 7) is 4.35. The quantitative estimate of drug-likeness (QED) is 0.0513.